The topological polar surface area (TPSA) is 138 Å². The Morgan fingerprint density at radius 3 is 2.35 bits per heavy atom. The molecule has 11 nitrogen and oxygen atoms in total. The molecule has 3 N–H and O–H groups in total. The van der Waals surface area contributed by atoms with Gasteiger partial charge in [0.05, 0.1) is 40.9 Å². The van der Waals surface area contributed by atoms with Gasteiger partial charge in [0.25, 0.3) is 15.9 Å². The molecule has 0 aromatic heterocycles. The number of carbonyl (C=O) groups is 2. The number of urea groups is 1. The molecular formula is C36H45F3N4O7S. The molecule has 4 atom stereocenters. The fraction of sp³-hybridized carbons (Fsp3) is 0.444. The van der Waals surface area contributed by atoms with E-state index in [0.29, 0.717) is 19.4 Å². The van der Waals surface area contributed by atoms with E-state index in [9.17, 15) is 36.3 Å². The molecule has 1 aliphatic rings. The smallest absolute Gasteiger partial charge is 0.416 e. The Kier molecular flexibility index (Phi) is 13.3. The zero-order valence-electron chi connectivity index (χ0n) is 29.0. The molecule has 0 bridgehead atoms. The zero-order chi connectivity index (χ0) is 37.3. The maximum Gasteiger partial charge on any atom is 0.416 e. The molecule has 3 amide bonds. The lowest BCUT2D eigenvalue weighted by Gasteiger charge is -2.35. The van der Waals surface area contributed by atoms with Gasteiger partial charge in [0.2, 0.25) is 0 Å². The summed E-state index contributed by atoms with van der Waals surface area (Å²) >= 11 is 0. The van der Waals surface area contributed by atoms with Gasteiger partial charge in [0, 0.05) is 44.0 Å². The number of anilines is 2. The highest BCUT2D eigenvalue weighted by Gasteiger charge is 2.32. The lowest BCUT2D eigenvalue weighted by atomic mass is 10.0. The molecule has 1 heterocycles. The van der Waals surface area contributed by atoms with Gasteiger partial charge < -0.3 is 29.7 Å². The number of amides is 3. The molecule has 0 unspecified atom stereocenters. The number of aliphatic hydroxyl groups is 1. The summed E-state index contributed by atoms with van der Waals surface area (Å²) in [6, 6.07) is 15.2. The number of nitrogens with one attached hydrogen (secondary N) is 2. The molecule has 4 rings (SSSR count). The highest BCUT2D eigenvalue weighted by molar-refractivity contribution is 7.92. The second-order valence-electron chi connectivity index (χ2n) is 12.8. The number of nitrogens with zero attached hydrogens (tertiary/aromatic N) is 2. The Balaban J connectivity index is 1.59. The first-order valence-electron chi connectivity index (χ1n) is 16.7. The van der Waals surface area contributed by atoms with Crippen LogP contribution in [0.4, 0.5) is 29.3 Å². The molecule has 278 valence electrons. The second-order valence-corrected chi connectivity index (χ2v) is 14.5. The maximum absolute atomic E-state index is 14.3. The molecule has 0 saturated carbocycles. The monoisotopic (exact) mass is 734 g/mol. The highest BCUT2D eigenvalue weighted by Crippen LogP contribution is 2.31. The fourth-order valence-electron chi connectivity index (χ4n) is 5.58. The van der Waals surface area contributed by atoms with Crippen LogP contribution >= 0.6 is 0 Å². The van der Waals surface area contributed by atoms with Crippen LogP contribution in [0.3, 0.4) is 0 Å². The minimum atomic E-state index is -4.50. The summed E-state index contributed by atoms with van der Waals surface area (Å²) in [7, 11) is -2.43. The van der Waals surface area contributed by atoms with E-state index in [1.54, 1.807) is 31.2 Å². The SMILES string of the molecule is C[C@@H]1CCCCO[C@H](CN(C)C(=O)Nc2ccc(C(F)(F)F)cc2)[C@@H](C)CN([C@H](C)CO)C(=O)c2cc(NS(=O)(=O)c3ccccc3)ccc2O1. The van der Waals surface area contributed by atoms with E-state index in [4.69, 9.17) is 9.47 Å². The Bertz CT molecular complexity index is 1730. The van der Waals surface area contributed by atoms with Gasteiger partial charge in [-0.25, -0.2) is 13.2 Å². The quantitative estimate of drug-likeness (QED) is 0.242. The fourth-order valence-corrected chi connectivity index (χ4v) is 6.65. The largest absolute Gasteiger partial charge is 0.490 e. The van der Waals surface area contributed by atoms with Crippen LogP contribution in [0.25, 0.3) is 0 Å². The van der Waals surface area contributed by atoms with Crippen LogP contribution in [0.5, 0.6) is 5.75 Å². The van der Waals surface area contributed by atoms with E-state index in [0.717, 1.165) is 18.6 Å². The van der Waals surface area contributed by atoms with Crippen molar-refractivity contribution in [3.63, 3.8) is 0 Å². The first-order chi connectivity index (χ1) is 24.1. The average Bonchev–Trinajstić information content (AvgIpc) is 3.09. The average molecular weight is 735 g/mol. The van der Waals surface area contributed by atoms with E-state index < -0.39 is 45.8 Å². The Hall–Kier alpha value is -4.34. The number of carbonyl (C=O) groups excluding carboxylic acids is 2. The predicted molar refractivity (Wildman–Crippen MR) is 187 cm³/mol. The van der Waals surface area contributed by atoms with Crippen LogP contribution in [0.2, 0.25) is 0 Å². The van der Waals surface area contributed by atoms with Crippen molar-refractivity contribution >= 4 is 33.3 Å². The van der Waals surface area contributed by atoms with Gasteiger partial charge in [-0.15, -0.1) is 0 Å². The van der Waals surface area contributed by atoms with E-state index in [1.165, 1.54) is 53.2 Å². The van der Waals surface area contributed by atoms with E-state index in [1.807, 2.05) is 13.8 Å². The Morgan fingerprint density at radius 2 is 1.71 bits per heavy atom. The summed E-state index contributed by atoms with van der Waals surface area (Å²) in [5.74, 6) is -0.617. The lowest BCUT2D eigenvalue weighted by molar-refractivity contribution is -0.137. The number of rotatable bonds is 8. The van der Waals surface area contributed by atoms with Crippen LogP contribution in [0, 0.1) is 5.92 Å². The number of ether oxygens (including phenoxy) is 2. The van der Waals surface area contributed by atoms with E-state index in [-0.39, 0.29) is 59.3 Å². The maximum atomic E-state index is 14.3. The first-order valence-corrected chi connectivity index (χ1v) is 18.2. The molecule has 15 heteroatoms. The number of sulfonamides is 1. The van der Waals surface area contributed by atoms with E-state index in [2.05, 4.69) is 10.0 Å². The number of hydrogen-bond donors (Lipinski definition) is 3. The minimum Gasteiger partial charge on any atom is -0.490 e. The van der Waals surface area contributed by atoms with Gasteiger partial charge >= 0.3 is 12.2 Å². The number of hydrogen-bond acceptors (Lipinski definition) is 7. The van der Waals surface area contributed by atoms with Crippen molar-refractivity contribution in [1.29, 1.82) is 0 Å². The summed E-state index contributed by atoms with van der Waals surface area (Å²) in [5.41, 5.74) is -0.394. The zero-order valence-corrected chi connectivity index (χ0v) is 29.8. The van der Waals surface area contributed by atoms with Crippen LogP contribution in [0.15, 0.2) is 77.7 Å². The van der Waals surface area contributed by atoms with Gasteiger partial charge in [-0.3, -0.25) is 9.52 Å². The second kappa shape index (κ2) is 17.2. The first kappa shape index (κ1) is 39.4. The number of halogens is 3. The summed E-state index contributed by atoms with van der Waals surface area (Å²) in [6.45, 7) is 5.58. The van der Waals surface area contributed by atoms with Crippen molar-refractivity contribution in [2.75, 3.05) is 43.4 Å². The third-order valence-corrected chi connectivity index (χ3v) is 10.0. The normalized spacial score (nSPS) is 20.0. The predicted octanol–water partition coefficient (Wildman–Crippen LogP) is 6.47. The number of fused-ring (bicyclic) bond motifs is 1. The van der Waals surface area contributed by atoms with Gasteiger partial charge in [0.15, 0.2) is 0 Å². The van der Waals surface area contributed by atoms with Crippen molar-refractivity contribution in [2.45, 2.75) is 69.4 Å². The Labute approximate surface area is 296 Å². The van der Waals surface area contributed by atoms with Crippen LogP contribution < -0.4 is 14.8 Å². The van der Waals surface area contributed by atoms with Crippen molar-refractivity contribution in [1.82, 2.24) is 9.80 Å². The molecule has 0 spiro atoms. The van der Waals surface area contributed by atoms with Crippen molar-refractivity contribution in [3.8, 4) is 5.75 Å². The van der Waals surface area contributed by atoms with Crippen LogP contribution in [-0.4, -0.2) is 86.9 Å². The van der Waals surface area contributed by atoms with Crippen molar-refractivity contribution in [2.24, 2.45) is 5.92 Å². The van der Waals surface area contributed by atoms with Gasteiger partial charge in [0.1, 0.15) is 5.75 Å². The number of likely N-dealkylation sites (N-methyl/N-ethyl adjacent to an activating group) is 1. The number of benzene rings is 3. The van der Waals surface area contributed by atoms with Crippen molar-refractivity contribution < 1.29 is 45.8 Å². The van der Waals surface area contributed by atoms with Crippen molar-refractivity contribution in [3.05, 3.63) is 83.9 Å². The molecule has 51 heavy (non-hydrogen) atoms. The molecule has 1 aliphatic heterocycles. The molecular weight excluding hydrogens is 689 g/mol. The molecule has 0 fully saturated rings. The van der Waals surface area contributed by atoms with E-state index >= 15 is 0 Å². The molecule has 0 aliphatic carbocycles. The van der Waals surface area contributed by atoms with Crippen LogP contribution in [0.1, 0.15) is 56.0 Å². The number of aliphatic hydroxyl groups excluding tert-OH is 1. The highest BCUT2D eigenvalue weighted by atomic mass is 32.2. The summed E-state index contributed by atoms with van der Waals surface area (Å²) in [4.78, 5) is 30.3. The summed E-state index contributed by atoms with van der Waals surface area (Å²) < 4.78 is 80.2. The van der Waals surface area contributed by atoms with Crippen LogP contribution in [-0.2, 0) is 20.9 Å². The van der Waals surface area contributed by atoms with Gasteiger partial charge in [-0.1, -0.05) is 25.1 Å². The molecule has 0 radical (unpaired) electrons. The Morgan fingerprint density at radius 1 is 1.04 bits per heavy atom. The summed E-state index contributed by atoms with van der Waals surface area (Å²) in [5, 5.41) is 12.8. The van der Waals surface area contributed by atoms with Gasteiger partial charge in [-0.05, 0) is 87.7 Å². The molecule has 3 aromatic rings. The molecule has 3 aromatic carbocycles. The standard InChI is InChI=1S/C36H45F3N4O7S/c1-24-21-43(25(2)23-44)34(45)31-20-29(41-51(47,48)30-11-6-5-7-12-30)17-18-32(31)50-26(3)10-8-9-19-49-33(24)22-42(4)35(46)40-28-15-13-27(14-16-28)36(37,38)39/h5-7,11-18,20,24-26,33,41,44H,8-10,19,21-23H2,1-4H3,(H,40,46)/t24-,25+,26+,33+/m0/s1. The minimum absolute atomic E-state index is 0.0506. The number of alkyl halides is 3. The third-order valence-electron chi connectivity index (χ3n) is 8.62. The van der Waals surface area contributed by atoms with Gasteiger partial charge in [-0.2, -0.15) is 13.2 Å². The summed E-state index contributed by atoms with van der Waals surface area (Å²) in [6.07, 6.45) is -3.33. The molecule has 0 saturated heterocycles. The lowest BCUT2D eigenvalue weighted by Crippen LogP contribution is -2.48. The third kappa shape index (κ3) is 10.8.